The monoisotopic (exact) mass is 772 g/mol. The molecule has 282 valence electrons. The Bertz CT molecular complexity index is 3250. The van der Waals surface area contributed by atoms with Gasteiger partial charge in [0.1, 0.15) is 11.6 Å². The molecule has 0 radical (unpaired) electrons. The van der Waals surface area contributed by atoms with E-state index in [9.17, 15) is 0 Å². The Hall–Kier alpha value is -7.82. The second kappa shape index (κ2) is 13.4. The minimum Gasteiger partial charge on any atom is -0.309 e. The Morgan fingerprint density at radius 3 is 0.817 bits per heavy atom. The van der Waals surface area contributed by atoms with Gasteiger partial charge >= 0.3 is 0 Å². The molecule has 60 heavy (non-hydrogen) atoms. The molecule has 12 rings (SSSR count). The van der Waals surface area contributed by atoms with Gasteiger partial charge in [0, 0.05) is 53.9 Å². The Kier molecular flexibility index (Phi) is 7.63. The van der Waals surface area contributed by atoms with Crippen molar-refractivity contribution >= 4 is 110 Å². The quantitative estimate of drug-likeness (QED) is 0.155. The van der Waals surface area contributed by atoms with Gasteiger partial charge in [0.15, 0.2) is 0 Å². The maximum Gasteiger partial charge on any atom is 0.133 e. The highest BCUT2D eigenvalue weighted by Crippen LogP contribution is 2.51. The number of fused-ring (bicyclic) bond motifs is 4. The lowest BCUT2D eigenvalue weighted by Gasteiger charge is -2.31. The van der Waals surface area contributed by atoms with E-state index < -0.39 is 0 Å². The van der Waals surface area contributed by atoms with Crippen LogP contribution in [0.5, 0.6) is 0 Å². The standard InChI is InChI=1S/C56H34F2N2/c57-47-33-53(59(49-25-9-17-35-13-1-5-21-39(35)49)50-26-10-18-36-14-2-6-22-40(36)50)45-31-29-44-48(58)34-54(46-32-30-43(47)55(45)56(44)46)60(51-27-11-19-37-15-3-7-23-41(37)51)52-28-12-20-38-16-4-8-24-42(38)52/h1-34H. The fourth-order valence-corrected chi connectivity index (χ4v) is 9.63. The molecule has 0 saturated carbocycles. The molecule has 0 atom stereocenters. The fourth-order valence-electron chi connectivity index (χ4n) is 9.63. The molecule has 0 bridgehead atoms. The molecule has 2 nitrogen and oxygen atoms in total. The summed E-state index contributed by atoms with van der Waals surface area (Å²) in [7, 11) is 0. The molecule has 12 aromatic carbocycles. The van der Waals surface area contributed by atoms with Gasteiger partial charge in [0.25, 0.3) is 0 Å². The number of benzene rings is 12. The van der Waals surface area contributed by atoms with E-state index in [1.165, 1.54) is 0 Å². The van der Waals surface area contributed by atoms with Crippen LogP contribution in [0.4, 0.5) is 42.9 Å². The Balaban J connectivity index is 1.20. The molecule has 0 fully saturated rings. The third-order valence-electron chi connectivity index (χ3n) is 12.3. The summed E-state index contributed by atoms with van der Waals surface area (Å²) in [6.07, 6.45) is 0. The zero-order chi connectivity index (χ0) is 39.9. The van der Waals surface area contributed by atoms with Crippen LogP contribution in [0, 0.1) is 11.6 Å². The van der Waals surface area contributed by atoms with E-state index in [4.69, 9.17) is 0 Å². The average Bonchev–Trinajstić information content (AvgIpc) is 3.30. The number of halogens is 2. The summed E-state index contributed by atoms with van der Waals surface area (Å²) in [6.45, 7) is 0. The van der Waals surface area contributed by atoms with Gasteiger partial charge < -0.3 is 9.80 Å². The molecule has 12 aromatic rings. The molecule has 0 saturated heterocycles. The zero-order valence-corrected chi connectivity index (χ0v) is 32.3. The van der Waals surface area contributed by atoms with Gasteiger partial charge in [-0.1, -0.05) is 170 Å². The first kappa shape index (κ1) is 34.2. The molecule has 0 spiro atoms. The predicted molar refractivity (Wildman–Crippen MR) is 249 cm³/mol. The SMILES string of the molecule is Fc1cc(N(c2cccc3ccccc23)c2cccc3ccccc23)c2ccc3c(F)cc(N(c4cccc5ccccc45)c4cccc5ccccc45)c4ccc1c2c34. The Morgan fingerprint density at radius 1 is 0.233 bits per heavy atom. The van der Waals surface area contributed by atoms with Crippen molar-refractivity contribution in [3.05, 3.63) is 218 Å². The molecule has 0 aliphatic carbocycles. The van der Waals surface area contributed by atoms with Gasteiger partial charge in [-0.05, 0) is 57.9 Å². The van der Waals surface area contributed by atoms with Crippen molar-refractivity contribution in [3.8, 4) is 0 Å². The van der Waals surface area contributed by atoms with E-state index in [1.807, 2.05) is 72.8 Å². The van der Waals surface area contributed by atoms with Crippen molar-refractivity contribution in [1.82, 2.24) is 0 Å². The van der Waals surface area contributed by atoms with E-state index in [1.54, 1.807) is 12.1 Å². The smallest absolute Gasteiger partial charge is 0.133 e. The summed E-state index contributed by atoms with van der Waals surface area (Å²) in [6, 6.07) is 69.2. The zero-order valence-electron chi connectivity index (χ0n) is 32.3. The molecule has 0 aromatic heterocycles. The maximum absolute atomic E-state index is 17.2. The van der Waals surface area contributed by atoms with Crippen LogP contribution in [0.1, 0.15) is 0 Å². The normalized spacial score (nSPS) is 11.8. The highest BCUT2D eigenvalue weighted by atomic mass is 19.1. The summed E-state index contributed by atoms with van der Waals surface area (Å²) in [5.41, 5.74) is 5.03. The first-order chi connectivity index (χ1) is 29.6. The Morgan fingerprint density at radius 2 is 0.500 bits per heavy atom. The first-order valence-electron chi connectivity index (χ1n) is 20.2. The third-order valence-corrected chi connectivity index (χ3v) is 12.3. The minimum atomic E-state index is -0.372. The summed E-state index contributed by atoms with van der Waals surface area (Å²) in [5, 5.41) is 12.3. The van der Waals surface area contributed by atoms with Crippen molar-refractivity contribution in [2.24, 2.45) is 0 Å². The molecule has 0 aliphatic heterocycles. The van der Waals surface area contributed by atoms with Gasteiger partial charge in [0.05, 0.1) is 34.1 Å². The van der Waals surface area contributed by atoms with E-state index in [0.29, 0.717) is 32.9 Å². The van der Waals surface area contributed by atoms with E-state index in [2.05, 4.69) is 131 Å². The minimum absolute atomic E-state index is 0.372. The second-order valence-electron chi connectivity index (χ2n) is 15.5. The summed E-state index contributed by atoms with van der Waals surface area (Å²) in [5.74, 6) is -0.744. The molecule has 0 unspecified atom stereocenters. The average molecular weight is 773 g/mol. The highest BCUT2D eigenvalue weighted by molar-refractivity contribution is 6.29. The fraction of sp³-hybridized carbons (Fsp3) is 0. The van der Waals surface area contributed by atoms with E-state index in [0.717, 1.165) is 76.6 Å². The molecule has 0 heterocycles. The van der Waals surface area contributed by atoms with Gasteiger partial charge in [-0.15, -0.1) is 0 Å². The molecular formula is C56H34F2N2. The van der Waals surface area contributed by atoms with Gasteiger partial charge in [-0.3, -0.25) is 0 Å². The van der Waals surface area contributed by atoms with Crippen LogP contribution in [0.2, 0.25) is 0 Å². The number of rotatable bonds is 6. The van der Waals surface area contributed by atoms with Crippen molar-refractivity contribution in [3.63, 3.8) is 0 Å². The number of hydrogen-bond acceptors (Lipinski definition) is 2. The van der Waals surface area contributed by atoms with Crippen LogP contribution in [-0.2, 0) is 0 Å². The number of nitrogens with zero attached hydrogens (tertiary/aromatic N) is 2. The summed E-state index contributed by atoms with van der Waals surface area (Å²) in [4.78, 5) is 4.38. The summed E-state index contributed by atoms with van der Waals surface area (Å²) >= 11 is 0. The summed E-state index contributed by atoms with van der Waals surface area (Å²) < 4.78 is 34.4. The van der Waals surface area contributed by atoms with Crippen molar-refractivity contribution in [2.45, 2.75) is 0 Å². The van der Waals surface area contributed by atoms with Gasteiger partial charge in [-0.2, -0.15) is 0 Å². The molecule has 4 heteroatoms. The number of hydrogen-bond donors (Lipinski definition) is 0. The van der Waals surface area contributed by atoms with E-state index in [-0.39, 0.29) is 11.6 Å². The van der Waals surface area contributed by atoms with Crippen molar-refractivity contribution in [1.29, 1.82) is 0 Å². The second-order valence-corrected chi connectivity index (χ2v) is 15.5. The van der Waals surface area contributed by atoms with Crippen LogP contribution in [0.25, 0.3) is 75.4 Å². The molecule has 0 amide bonds. The van der Waals surface area contributed by atoms with Gasteiger partial charge in [0.2, 0.25) is 0 Å². The van der Waals surface area contributed by atoms with Crippen LogP contribution in [0.3, 0.4) is 0 Å². The largest absolute Gasteiger partial charge is 0.309 e. The lowest BCUT2D eigenvalue weighted by Crippen LogP contribution is -2.13. The van der Waals surface area contributed by atoms with Crippen molar-refractivity contribution in [2.75, 3.05) is 9.80 Å². The molecular weight excluding hydrogens is 739 g/mol. The van der Waals surface area contributed by atoms with Crippen LogP contribution >= 0.6 is 0 Å². The Labute approximate surface area is 344 Å². The van der Waals surface area contributed by atoms with Crippen LogP contribution < -0.4 is 9.80 Å². The van der Waals surface area contributed by atoms with E-state index >= 15 is 8.78 Å². The lowest BCUT2D eigenvalue weighted by molar-refractivity contribution is 0.639. The molecule has 0 aliphatic rings. The molecule has 0 N–H and O–H groups in total. The maximum atomic E-state index is 17.2. The first-order valence-corrected chi connectivity index (χ1v) is 20.2. The number of anilines is 6. The van der Waals surface area contributed by atoms with Crippen LogP contribution in [0.15, 0.2) is 206 Å². The van der Waals surface area contributed by atoms with Gasteiger partial charge in [-0.25, -0.2) is 8.78 Å². The highest BCUT2D eigenvalue weighted by Gasteiger charge is 2.27. The predicted octanol–water partition coefficient (Wildman–Crippen LogP) is 16.4. The van der Waals surface area contributed by atoms with Crippen molar-refractivity contribution < 1.29 is 8.78 Å². The van der Waals surface area contributed by atoms with Crippen LogP contribution in [-0.4, -0.2) is 0 Å². The lowest BCUT2D eigenvalue weighted by atomic mass is 9.90. The third kappa shape index (κ3) is 5.11. The topological polar surface area (TPSA) is 6.48 Å².